The smallest absolute Gasteiger partial charge is 0.236 e. The van der Waals surface area contributed by atoms with Gasteiger partial charge in [-0.15, -0.1) is 0 Å². The van der Waals surface area contributed by atoms with Crippen LogP contribution in [0.25, 0.3) is 0 Å². The van der Waals surface area contributed by atoms with Gasteiger partial charge in [0, 0.05) is 19.6 Å². The third-order valence-electron chi connectivity index (χ3n) is 3.26. The molecule has 1 amide bonds. The minimum Gasteiger partial charge on any atom is -0.332 e. The molecular formula is C13H19N3O. The zero-order valence-electron chi connectivity index (χ0n) is 10.2. The van der Waals surface area contributed by atoms with Gasteiger partial charge in [-0.1, -0.05) is 30.3 Å². The fraction of sp³-hybridized carbons (Fsp3) is 0.462. The van der Waals surface area contributed by atoms with Crippen LogP contribution in [0, 0.1) is 0 Å². The van der Waals surface area contributed by atoms with E-state index in [9.17, 15) is 4.79 Å². The lowest BCUT2D eigenvalue weighted by Gasteiger charge is -2.40. The highest BCUT2D eigenvalue weighted by molar-refractivity contribution is 5.78. The van der Waals surface area contributed by atoms with Gasteiger partial charge in [-0.25, -0.2) is 0 Å². The average molecular weight is 233 g/mol. The lowest BCUT2D eigenvalue weighted by atomic mass is 10.0. The van der Waals surface area contributed by atoms with E-state index in [-0.39, 0.29) is 18.5 Å². The molecule has 2 N–H and O–H groups in total. The highest BCUT2D eigenvalue weighted by Crippen LogP contribution is 2.24. The van der Waals surface area contributed by atoms with Crippen LogP contribution in [0.15, 0.2) is 30.3 Å². The molecular weight excluding hydrogens is 214 g/mol. The van der Waals surface area contributed by atoms with E-state index >= 15 is 0 Å². The summed E-state index contributed by atoms with van der Waals surface area (Å²) in [7, 11) is 2.08. The van der Waals surface area contributed by atoms with E-state index in [1.807, 2.05) is 23.1 Å². The second-order valence-corrected chi connectivity index (χ2v) is 4.48. The summed E-state index contributed by atoms with van der Waals surface area (Å²) in [5.41, 5.74) is 6.65. The Morgan fingerprint density at radius 3 is 2.71 bits per heavy atom. The summed E-state index contributed by atoms with van der Waals surface area (Å²) in [5, 5.41) is 0. The van der Waals surface area contributed by atoms with Gasteiger partial charge in [0.25, 0.3) is 0 Å². The van der Waals surface area contributed by atoms with Crippen molar-refractivity contribution >= 4 is 5.91 Å². The number of hydrogen-bond acceptors (Lipinski definition) is 3. The van der Waals surface area contributed by atoms with E-state index in [0.29, 0.717) is 0 Å². The predicted molar refractivity (Wildman–Crippen MR) is 67.4 cm³/mol. The van der Waals surface area contributed by atoms with E-state index in [0.717, 1.165) is 19.6 Å². The number of piperazine rings is 1. The summed E-state index contributed by atoms with van der Waals surface area (Å²) in [6.07, 6.45) is 0. The van der Waals surface area contributed by atoms with Crippen LogP contribution >= 0.6 is 0 Å². The van der Waals surface area contributed by atoms with Crippen molar-refractivity contribution in [3.63, 3.8) is 0 Å². The van der Waals surface area contributed by atoms with Crippen molar-refractivity contribution < 1.29 is 4.79 Å². The number of hydrogen-bond donors (Lipinski definition) is 1. The average Bonchev–Trinajstić information content (AvgIpc) is 2.39. The Morgan fingerprint density at radius 1 is 1.35 bits per heavy atom. The Hall–Kier alpha value is -1.39. The Balaban J connectivity index is 2.23. The number of nitrogens with two attached hydrogens (primary N) is 1. The zero-order valence-corrected chi connectivity index (χ0v) is 10.2. The summed E-state index contributed by atoms with van der Waals surface area (Å²) in [6.45, 7) is 2.63. The highest BCUT2D eigenvalue weighted by atomic mass is 16.2. The molecule has 17 heavy (non-hydrogen) atoms. The molecule has 4 nitrogen and oxygen atoms in total. The third kappa shape index (κ3) is 2.65. The van der Waals surface area contributed by atoms with Crippen LogP contribution in [0.4, 0.5) is 0 Å². The first-order valence-corrected chi connectivity index (χ1v) is 5.95. The maximum Gasteiger partial charge on any atom is 0.236 e. The molecule has 1 aliphatic rings. The molecule has 0 radical (unpaired) electrons. The van der Waals surface area contributed by atoms with Gasteiger partial charge in [0.15, 0.2) is 0 Å². The van der Waals surface area contributed by atoms with E-state index in [1.165, 1.54) is 5.56 Å². The standard InChI is InChI=1S/C13H19N3O/c1-15-7-8-16(13(17)9-14)12(10-15)11-5-3-2-4-6-11/h2-6,12H,7-10,14H2,1H3. The van der Waals surface area contributed by atoms with E-state index in [1.54, 1.807) is 0 Å². The Kier molecular flexibility index (Phi) is 3.76. The second kappa shape index (κ2) is 5.29. The molecule has 0 aromatic heterocycles. The topological polar surface area (TPSA) is 49.6 Å². The molecule has 0 saturated carbocycles. The molecule has 1 unspecified atom stereocenters. The van der Waals surface area contributed by atoms with Gasteiger partial charge in [-0.05, 0) is 12.6 Å². The minimum absolute atomic E-state index is 0.0342. The molecule has 4 heteroatoms. The number of benzene rings is 1. The molecule has 1 heterocycles. The van der Waals surface area contributed by atoms with E-state index < -0.39 is 0 Å². The third-order valence-corrected chi connectivity index (χ3v) is 3.26. The monoisotopic (exact) mass is 233 g/mol. The summed E-state index contributed by atoms with van der Waals surface area (Å²) in [5.74, 6) is 0.0342. The summed E-state index contributed by atoms with van der Waals surface area (Å²) in [6, 6.07) is 10.3. The van der Waals surface area contributed by atoms with Crippen LogP contribution in [-0.4, -0.2) is 48.9 Å². The number of rotatable bonds is 2. The predicted octanol–water partition coefficient (Wildman–Crippen LogP) is 0.460. The van der Waals surface area contributed by atoms with E-state index in [2.05, 4.69) is 24.1 Å². The molecule has 0 bridgehead atoms. The fourth-order valence-electron chi connectivity index (χ4n) is 2.30. The number of nitrogens with zero attached hydrogens (tertiary/aromatic N) is 2. The molecule has 1 aliphatic heterocycles. The quantitative estimate of drug-likeness (QED) is 0.807. The Labute approximate surface area is 102 Å². The Morgan fingerprint density at radius 2 is 2.06 bits per heavy atom. The first-order chi connectivity index (χ1) is 8.22. The molecule has 1 saturated heterocycles. The number of likely N-dealkylation sites (N-methyl/N-ethyl adjacent to an activating group) is 1. The first-order valence-electron chi connectivity index (χ1n) is 5.95. The molecule has 2 rings (SSSR count). The summed E-state index contributed by atoms with van der Waals surface area (Å²) < 4.78 is 0. The van der Waals surface area contributed by atoms with Gasteiger partial charge in [-0.3, -0.25) is 4.79 Å². The van der Waals surface area contributed by atoms with Gasteiger partial charge in [0.05, 0.1) is 12.6 Å². The minimum atomic E-state index is 0.0342. The largest absolute Gasteiger partial charge is 0.332 e. The first kappa shape index (κ1) is 12.1. The van der Waals surface area contributed by atoms with Crippen molar-refractivity contribution in [2.24, 2.45) is 5.73 Å². The lowest BCUT2D eigenvalue weighted by Crippen LogP contribution is -2.50. The van der Waals surface area contributed by atoms with Crippen LogP contribution < -0.4 is 5.73 Å². The van der Waals surface area contributed by atoms with Gasteiger partial charge < -0.3 is 15.5 Å². The van der Waals surface area contributed by atoms with E-state index in [4.69, 9.17) is 5.73 Å². The zero-order chi connectivity index (χ0) is 12.3. The molecule has 1 fully saturated rings. The van der Waals surface area contributed by atoms with Crippen molar-refractivity contribution in [1.82, 2.24) is 9.80 Å². The van der Waals surface area contributed by atoms with Crippen LogP contribution in [0.1, 0.15) is 11.6 Å². The van der Waals surface area contributed by atoms with Crippen molar-refractivity contribution in [2.45, 2.75) is 6.04 Å². The van der Waals surface area contributed by atoms with Crippen molar-refractivity contribution in [3.05, 3.63) is 35.9 Å². The van der Waals surface area contributed by atoms with Crippen molar-refractivity contribution in [3.8, 4) is 0 Å². The number of carbonyl (C=O) groups excluding carboxylic acids is 1. The summed E-state index contributed by atoms with van der Waals surface area (Å²) in [4.78, 5) is 16.0. The van der Waals surface area contributed by atoms with Gasteiger partial charge in [0.2, 0.25) is 5.91 Å². The van der Waals surface area contributed by atoms with Crippen LogP contribution in [0.3, 0.4) is 0 Å². The molecule has 92 valence electrons. The van der Waals surface area contributed by atoms with Crippen molar-refractivity contribution in [1.29, 1.82) is 0 Å². The number of amides is 1. The van der Waals surface area contributed by atoms with Gasteiger partial charge in [-0.2, -0.15) is 0 Å². The molecule has 1 atom stereocenters. The van der Waals surface area contributed by atoms with Crippen LogP contribution in [0.5, 0.6) is 0 Å². The Bertz CT molecular complexity index is 380. The SMILES string of the molecule is CN1CCN(C(=O)CN)C(c2ccccc2)C1. The lowest BCUT2D eigenvalue weighted by molar-refractivity contribution is -0.134. The second-order valence-electron chi connectivity index (χ2n) is 4.48. The van der Waals surface area contributed by atoms with Crippen LogP contribution in [0.2, 0.25) is 0 Å². The maximum absolute atomic E-state index is 11.8. The van der Waals surface area contributed by atoms with Crippen molar-refractivity contribution in [2.75, 3.05) is 33.2 Å². The van der Waals surface area contributed by atoms with Gasteiger partial charge in [0.1, 0.15) is 0 Å². The van der Waals surface area contributed by atoms with Gasteiger partial charge >= 0.3 is 0 Å². The fourth-order valence-corrected chi connectivity index (χ4v) is 2.30. The molecule has 0 spiro atoms. The number of carbonyl (C=O) groups is 1. The summed E-state index contributed by atoms with van der Waals surface area (Å²) >= 11 is 0. The molecule has 1 aromatic rings. The highest BCUT2D eigenvalue weighted by Gasteiger charge is 2.29. The van der Waals surface area contributed by atoms with Crippen LogP contribution in [-0.2, 0) is 4.79 Å². The molecule has 0 aliphatic carbocycles. The molecule has 1 aromatic carbocycles. The maximum atomic E-state index is 11.8. The normalized spacial score (nSPS) is 21.5.